The molecule has 2 aromatic rings. The molecule has 0 radical (unpaired) electrons. The SMILES string of the molecule is C[C@H](OC(=O)c1cnccn1)C(=O)Nc1ccc(C#N)cc1. The van der Waals surface area contributed by atoms with E-state index in [0.717, 1.165) is 0 Å². The highest BCUT2D eigenvalue weighted by Gasteiger charge is 2.19. The van der Waals surface area contributed by atoms with Gasteiger partial charge in [0.25, 0.3) is 5.91 Å². The zero-order valence-electron chi connectivity index (χ0n) is 11.7. The predicted molar refractivity (Wildman–Crippen MR) is 76.7 cm³/mol. The summed E-state index contributed by atoms with van der Waals surface area (Å²) in [6.07, 6.45) is 3.05. The van der Waals surface area contributed by atoms with Gasteiger partial charge in [-0.15, -0.1) is 0 Å². The van der Waals surface area contributed by atoms with Gasteiger partial charge in [0.2, 0.25) is 0 Å². The molecule has 0 bridgehead atoms. The molecule has 0 unspecified atom stereocenters. The predicted octanol–water partition coefficient (Wildman–Crippen LogP) is 1.53. The standard InChI is InChI=1S/C15H12N4O3/c1-10(22-15(21)13-9-17-6-7-18-13)14(20)19-12-4-2-11(8-16)3-5-12/h2-7,9-10H,1H3,(H,19,20)/t10-/m0/s1. The zero-order chi connectivity index (χ0) is 15.9. The minimum absolute atomic E-state index is 0.0283. The lowest BCUT2D eigenvalue weighted by Gasteiger charge is -2.13. The summed E-state index contributed by atoms with van der Waals surface area (Å²) in [5, 5.41) is 11.3. The highest BCUT2D eigenvalue weighted by Crippen LogP contribution is 2.10. The normalized spacial score (nSPS) is 11.1. The Kier molecular flexibility index (Phi) is 4.78. The summed E-state index contributed by atoms with van der Waals surface area (Å²) in [4.78, 5) is 31.2. The van der Waals surface area contributed by atoms with Crippen LogP contribution < -0.4 is 5.32 Å². The van der Waals surface area contributed by atoms with Crippen molar-refractivity contribution >= 4 is 17.6 Å². The number of hydrogen-bond donors (Lipinski definition) is 1. The molecule has 0 spiro atoms. The van der Waals surface area contributed by atoms with Crippen LogP contribution in [0.1, 0.15) is 23.0 Å². The van der Waals surface area contributed by atoms with Gasteiger partial charge in [-0.25, -0.2) is 9.78 Å². The average Bonchev–Trinajstić information content (AvgIpc) is 2.56. The van der Waals surface area contributed by atoms with E-state index in [4.69, 9.17) is 10.00 Å². The van der Waals surface area contributed by atoms with Crippen LogP contribution in [-0.2, 0) is 9.53 Å². The highest BCUT2D eigenvalue weighted by molar-refractivity contribution is 5.96. The van der Waals surface area contributed by atoms with Gasteiger partial charge in [-0.3, -0.25) is 9.78 Å². The van der Waals surface area contributed by atoms with E-state index in [2.05, 4.69) is 15.3 Å². The minimum atomic E-state index is -0.995. The van der Waals surface area contributed by atoms with Crippen molar-refractivity contribution in [2.75, 3.05) is 5.32 Å². The van der Waals surface area contributed by atoms with Gasteiger partial charge in [0, 0.05) is 18.1 Å². The fourth-order valence-electron chi connectivity index (χ4n) is 1.55. The molecule has 1 atom stereocenters. The van der Waals surface area contributed by atoms with Crippen molar-refractivity contribution in [3.05, 3.63) is 54.1 Å². The number of amides is 1. The van der Waals surface area contributed by atoms with Gasteiger partial charge in [0.1, 0.15) is 0 Å². The number of rotatable bonds is 4. The average molecular weight is 296 g/mol. The van der Waals surface area contributed by atoms with Crippen LogP contribution in [0.25, 0.3) is 0 Å². The van der Waals surface area contributed by atoms with E-state index in [1.807, 2.05) is 6.07 Å². The van der Waals surface area contributed by atoms with Crippen molar-refractivity contribution in [2.45, 2.75) is 13.0 Å². The number of esters is 1. The van der Waals surface area contributed by atoms with Gasteiger partial charge in [0.05, 0.1) is 17.8 Å². The summed E-state index contributed by atoms with van der Waals surface area (Å²) in [6, 6.07) is 8.31. The van der Waals surface area contributed by atoms with E-state index in [1.165, 1.54) is 25.5 Å². The number of carbonyl (C=O) groups is 2. The van der Waals surface area contributed by atoms with Crippen molar-refractivity contribution in [2.24, 2.45) is 0 Å². The van der Waals surface area contributed by atoms with Crippen molar-refractivity contribution < 1.29 is 14.3 Å². The molecular formula is C15H12N4O3. The molecule has 0 saturated heterocycles. The molecule has 1 N–H and O–H groups in total. The molecule has 0 aliphatic carbocycles. The van der Waals surface area contributed by atoms with Crippen molar-refractivity contribution in [3.63, 3.8) is 0 Å². The zero-order valence-corrected chi connectivity index (χ0v) is 11.7. The fourth-order valence-corrected chi connectivity index (χ4v) is 1.55. The summed E-state index contributed by atoms with van der Waals surface area (Å²) in [7, 11) is 0. The van der Waals surface area contributed by atoms with Gasteiger partial charge in [-0.2, -0.15) is 5.26 Å². The molecule has 0 saturated carbocycles. The third-order valence-electron chi connectivity index (χ3n) is 2.71. The Morgan fingerprint density at radius 2 is 2.00 bits per heavy atom. The summed E-state index contributed by atoms with van der Waals surface area (Å²) in [6.45, 7) is 1.45. The Labute approximate surface area is 126 Å². The van der Waals surface area contributed by atoms with Crippen molar-refractivity contribution in [1.82, 2.24) is 9.97 Å². The smallest absolute Gasteiger partial charge is 0.359 e. The number of benzene rings is 1. The van der Waals surface area contributed by atoms with E-state index >= 15 is 0 Å². The van der Waals surface area contributed by atoms with Gasteiger partial charge in [-0.1, -0.05) is 0 Å². The second kappa shape index (κ2) is 6.95. The summed E-state index contributed by atoms with van der Waals surface area (Å²) < 4.78 is 5.01. The van der Waals surface area contributed by atoms with Gasteiger partial charge >= 0.3 is 5.97 Å². The third-order valence-corrected chi connectivity index (χ3v) is 2.71. The Hall–Kier alpha value is -3.27. The molecular weight excluding hydrogens is 284 g/mol. The maximum Gasteiger partial charge on any atom is 0.359 e. The maximum absolute atomic E-state index is 11.9. The van der Waals surface area contributed by atoms with E-state index < -0.39 is 18.0 Å². The van der Waals surface area contributed by atoms with Crippen LogP contribution in [0.2, 0.25) is 0 Å². The first-order valence-electron chi connectivity index (χ1n) is 6.38. The molecule has 1 amide bonds. The highest BCUT2D eigenvalue weighted by atomic mass is 16.5. The number of nitriles is 1. The quantitative estimate of drug-likeness (QED) is 0.858. The van der Waals surface area contributed by atoms with Crippen LogP contribution in [0, 0.1) is 11.3 Å². The van der Waals surface area contributed by atoms with Gasteiger partial charge in [-0.05, 0) is 31.2 Å². The topological polar surface area (TPSA) is 105 Å². The Morgan fingerprint density at radius 1 is 1.27 bits per heavy atom. The fraction of sp³-hybridized carbons (Fsp3) is 0.133. The van der Waals surface area contributed by atoms with E-state index in [-0.39, 0.29) is 5.69 Å². The lowest BCUT2D eigenvalue weighted by Crippen LogP contribution is -2.30. The van der Waals surface area contributed by atoms with Crippen molar-refractivity contribution in [3.8, 4) is 6.07 Å². The van der Waals surface area contributed by atoms with Gasteiger partial charge < -0.3 is 10.1 Å². The molecule has 0 aliphatic heterocycles. The Morgan fingerprint density at radius 3 is 2.59 bits per heavy atom. The van der Waals surface area contributed by atoms with Crippen LogP contribution in [0.15, 0.2) is 42.9 Å². The first-order chi connectivity index (χ1) is 10.6. The number of ether oxygens (including phenoxy) is 1. The van der Waals surface area contributed by atoms with Crippen LogP contribution >= 0.6 is 0 Å². The summed E-state index contributed by atoms with van der Waals surface area (Å²) >= 11 is 0. The molecule has 7 nitrogen and oxygen atoms in total. The van der Waals surface area contributed by atoms with E-state index in [0.29, 0.717) is 11.3 Å². The van der Waals surface area contributed by atoms with Crippen molar-refractivity contribution in [1.29, 1.82) is 5.26 Å². The molecule has 1 heterocycles. The minimum Gasteiger partial charge on any atom is -0.448 e. The number of hydrogen-bond acceptors (Lipinski definition) is 6. The number of nitrogens with zero attached hydrogens (tertiary/aromatic N) is 3. The number of aromatic nitrogens is 2. The van der Waals surface area contributed by atoms with Crippen LogP contribution in [-0.4, -0.2) is 27.9 Å². The number of anilines is 1. The maximum atomic E-state index is 11.9. The Balaban J connectivity index is 1.94. The molecule has 22 heavy (non-hydrogen) atoms. The molecule has 1 aromatic heterocycles. The van der Waals surface area contributed by atoms with Gasteiger partial charge in [0.15, 0.2) is 11.8 Å². The molecule has 1 aromatic carbocycles. The monoisotopic (exact) mass is 296 g/mol. The first kappa shape index (κ1) is 15.1. The number of nitrogens with one attached hydrogen (secondary N) is 1. The molecule has 0 aliphatic rings. The molecule has 0 fully saturated rings. The lowest BCUT2D eigenvalue weighted by atomic mass is 10.2. The largest absolute Gasteiger partial charge is 0.448 e. The Bertz CT molecular complexity index is 708. The second-order valence-corrected chi connectivity index (χ2v) is 4.32. The number of carbonyl (C=O) groups excluding carboxylic acids is 2. The summed E-state index contributed by atoms with van der Waals surface area (Å²) in [5.41, 5.74) is 1.02. The second-order valence-electron chi connectivity index (χ2n) is 4.32. The third kappa shape index (κ3) is 3.86. The lowest BCUT2D eigenvalue weighted by molar-refractivity contribution is -0.123. The molecule has 7 heteroatoms. The first-order valence-corrected chi connectivity index (χ1v) is 6.38. The van der Waals surface area contributed by atoms with E-state index in [9.17, 15) is 9.59 Å². The van der Waals surface area contributed by atoms with E-state index in [1.54, 1.807) is 24.3 Å². The van der Waals surface area contributed by atoms with Crippen LogP contribution in [0.4, 0.5) is 5.69 Å². The molecule has 110 valence electrons. The van der Waals surface area contributed by atoms with Crippen LogP contribution in [0.3, 0.4) is 0 Å². The van der Waals surface area contributed by atoms with Crippen LogP contribution in [0.5, 0.6) is 0 Å². The molecule has 2 rings (SSSR count). The summed E-state index contributed by atoms with van der Waals surface area (Å²) in [5.74, 6) is -1.21.